The smallest absolute Gasteiger partial charge is 0.271 e. The zero-order chi connectivity index (χ0) is 21.6. The van der Waals surface area contributed by atoms with Crippen molar-refractivity contribution in [1.29, 1.82) is 0 Å². The lowest BCUT2D eigenvalue weighted by Gasteiger charge is -2.30. The van der Waals surface area contributed by atoms with Crippen LogP contribution in [0.15, 0.2) is 47.4 Å². The number of carbonyl (C=O) groups is 1. The van der Waals surface area contributed by atoms with Gasteiger partial charge in [0.05, 0.1) is 15.1 Å². The molecule has 0 spiro atoms. The molecular formula is C21H21N3O5S2. The Morgan fingerprint density at radius 2 is 1.84 bits per heavy atom. The molecule has 2 unspecified atom stereocenters. The van der Waals surface area contributed by atoms with Gasteiger partial charge in [-0.3, -0.25) is 10.1 Å². The number of benzene rings is 2. The van der Waals surface area contributed by atoms with Crippen molar-refractivity contribution in [2.24, 2.45) is 0 Å². The van der Waals surface area contributed by atoms with Crippen LogP contribution in [0, 0.1) is 0 Å². The molecule has 0 radical (unpaired) electrons. The molecule has 162 valence electrons. The Balaban J connectivity index is 1.36. The zero-order valence-electron chi connectivity index (χ0n) is 16.8. The summed E-state index contributed by atoms with van der Waals surface area (Å²) in [5.74, 6) is 0.749. The topological polar surface area (TPSA) is 97.8 Å². The van der Waals surface area contributed by atoms with E-state index >= 15 is 0 Å². The zero-order valence-corrected chi connectivity index (χ0v) is 18.4. The first-order valence-electron chi connectivity index (χ1n) is 10.1. The summed E-state index contributed by atoms with van der Waals surface area (Å²) in [7, 11) is -3.51. The molecule has 8 nitrogen and oxygen atoms in total. The third kappa shape index (κ3) is 3.75. The Morgan fingerprint density at radius 1 is 1.13 bits per heavy atom. The first kappa shape index (κ1) is 20.2. The molecule has 3 aromatic rings. The molecule has 2 aliphatic rings. The van der Waals surface area contributed by atoms with Crippen LogP contribution in [-0.2, 0) is 14.8 Å². The van der Waals surface area contributed by atoms with Crippen molar-refractivity contribution in [2.75, 3.05) is 18.4 Å². The number of nitrogens with zero attached hydrogens (tertiary/aromatic N) is 2. The van der Waals surface area contributed by atoms with Crippen LogP contribution in [0.1, 0.15) is 19.8 Å². The fourth-order valence-electron chi connectivity index (χ4n) is 3.78. The van der Waals surface area contributed by atoms with Crippen molar-refractivity contribution in [2.45, 2.75) is 36.9 Å². The average Bonchev–Trinajstić information content (AvgIpc) is 3.42. The summed E-state index contributed by atoms with van der Waals surface area (Å²) >= 11 is 1.23. The van der Waals surface area contributed by atoms with Gasteiger partial charge in [-0.1, -0.05) is 23.5 Å². The summed E-state index contributed by atoms with van der Waals surface area (Å²) in [5, 5.41) is 3.16. The number of para-hydroxylation sites is 2. The molecule has 0 saturated carbocycles. The number of anilines is 1. The van der Waals surface area contributed by atoms with E-state index in [0.717, 1.165) is 12.8 Å². The third-order valence-electron chi connectivity index (χ3n) is 5.39. The lowest BCUT2D eigenvalue weighted by atomic mass is 10.1. The van der Waals surface area contributed by atoms with Crippen LogP contribution in [-0.4, -0.2) is 48.9 Å². The Labute approximate surface area is 183 Å². The van der Waals surface area contributed by atoms with Gasteiger partial charge in [0.15, 0.2) is 16.6 Å². The lowest BCUT2D eigenvalue weighted by molar-refractivity contribution is -0.128. The van der Waals surface area contributed by atoms with Crippen LogP contribution in [0.3, 0.4) is 0 Å². The van der Waals surface area contributed by atoms with Gasteiger partial charge < -0.3 is 9.47 Å². The van der Waals surface area contributed by atoms with E-state index in [-0.39, 0.29) is 10.8 Å². The van der Waals surface area contributed by atoms with Crippen molar-refractivity contribution in [3.63, 3.8) is 0 Å². The molecule has 2 atom stereocenters. The monoisotopic (exact) mass is 459 g/mol. The minimum absolute atomic E-state index is 0.248. The number of thiazole rings is 1. The quantitative estimate of drug-likeness (QED) is 0.643. The van der Waals surface area contributed by atoms with Gasteiger partial charge in [0, 0.05) is 13.1 Å². The number of fused-ring (bicyclic) bond motifs is 2. The van der Waals surface area contributed by atoms with Crippen molar-refractivity contribution in [3.8, 4) is 11.5 Å². The molecule has 2 aliphatic heterocycles. The van der Waals surface area contributed by atoms with Crippen LogP contribution < -0.4 is 14.8 Å². The van der Waals surface area contributed by atoms with Crippen LogP contribution in [0.25, 0.3) is 10.2 Å². The molecule has 2 aromatic carbocycles. The van der Waals surface area contributed by atoms with Gasteiger partial charge in [-0.2, -0.15) is 4.31 Å². The Morgan fingerprint density at radius 3 is 2.58 bits per heavy atom. The molecule has 3 heterocycles. The number of sulfonamides is 1. The molecule has 31 heavy (non-hydrogen) atoms. The second-order valence-corrected chi connectivity index (χ2v) is 10.5. The van der Waals surface area contributed by atoms with E-state index in [1.807, 2.05) is 12.1 Å². The Hall–Kier alpha value is -2.69. The molecule has 10 heteroatoms. The summed E-state index contributed by atoms with van der Waals surface area (Å²) in [6.45, 7) is 2.87. The molecule has 0 aliphatic carbocycles. The van der Waals surface area contributed by atoms with E-state index < -0.39 is 22.2 Å². The number of carbonyl (C=O) groups excluding carboxylic acids is 1. The minimum Gasteiger partial charge on any atom is -0.482 e. The number of nitrogens with one attached hydrogen (secondary N) is 1. The number of ether oxygens (including phenoxy) is 2. The summed E-state index contributed by atoms with van der Waals surface area (Å²) in [6.07, 6.45) is 0.469. The molecule has 1 saturated heterocycles. The van der Waals surface area contributed by atoms with Gasteiger partial charge >= 0.3 is 0 Å². The largest absolute Gasteiger partial charge is 0.482 e. The van der Waals surface area contributed by atoms with Crippen LogP contribution in [0.5, 0.6) is 11.5 Å². The van der Waals surface area contributed by atoms with E-state index in [4.69, 9.17) is 9.47 Å². The standard InChI is InChI=1S/C21H21N3O5S2/c1-13-19(29-17-7-3-2-6-16(17)28-13)20(25)23-21-22-15-9-8-14(12-18(15)30-21)31(26,27)24-10-4-5-11-24/h2-3,6-9,12-13,19H,4-5,10-11H2,1H3,(H,22,23,25). The summed E-state index contributed by atoms with van der Waals surface area (Å²) < 4.78 is 39.5. The second-order valence-electron chi connectivity index (χ2n) is 7.56. The molecule has 0 bridgehead atoms. The van der Waals surface area contributed by atoms with Gasteiger partial charge in [-0.15, -0.1) is 0 Å². The normalized spacial score (nSPS) is 21.3. The van der Waals surface area contributed by atoms with Crippen molar-refractivity contribution in [3.05, 3.63) is 42.5 Å². The molecule has 1 amide bonds. The number of hydrogen-bond acceptors (Lipinski definition) is 7. The van der Waals surface area contributed by atoms with Crippen LogP contribution >= 0.6 is 11.3 Å². The van der Waals surface area contributed by atoms with Gasteiger partial charge in [0.2, 0.25) is 16.1 Å². The Kier molecular flexibility index (Phi) is 5.07. The van der Waals surface area contributed by atoms with Gasteiger partial charge in [0.25, 0.3) is 5.91 Å². The van der Waals surface area contributed by atoms with Crippen molar-refractivity contribution >= 4 is 42.6 Å². The van der Waals surface area contributed by atoms with Gasteiger partial charge in [0.1, 0.15) is 6.10 Å². The fraction of sp³-hybridized carbons (Fsp3) is 0.333. The van der Waals surface area contributed by atoms with Crippen molar-refractivity contribution < 1.29 is 22.7 Å². The maximum absolute atomic E-state index is 12.8. The molecule has 5 rings (SSSR count). The predicted molar refractivity (Wildman–Crippen MR) is 117 cm³/mol. The lowest BCUT2D eigenvalue weighted by Crippen LogP contribution is -2.46. The summed E-state index contributed by atoms with van der Waals surface area (Å²) in [4.78, 5) is 17.5. The van der Waals surface area contributed by atoms with E-state index in [1.165, 1.54) is 15.6 Å². The first-order chi connectivity index (χ1) is 14.9. The van der Waals surface area contributed by atoms with Crippen molar-refractivity contribution in [1.82, 2.24) is 9.29 Å². The predicted octanol–water partition coefficient (Wildman–Crippen LogP) is 3.25. The molecule has 1 N–H and O–H groups in total. The summed E-state index contributed by atoms with van der Waals surface area (Å²) in [6, 6.07) is 12.1. The highest BCUT2D eigenvalue weighted by Crippen LogP contribution is 2.34. The number of aromatic nitrogens is 1. The molecule has 1 aromatic heterocycles. The highest BCUT2D eigenvalue weighted by atomic mass is 32.2. The highest BCUT2D eigenvalue weighted by Gasteiger charge is 2.34. The maximum atomic E-state index is 12.8. The average molecular weight is 460 g/mol. The fourth-order valence-corrected chi connectivity index (χ4v) is 6.31. The number of hydrogen-bond donors (Lipinski definition) is 1. The van der Waals surface area contributed by atoms with Gasteiger partial charge in [-0.05, 0) is 50.1 Å². The maximum Gasteiger partial charge on any atom is 0.271 e. The molecule has 1 fully saturated rings. The Bertz CT molecular complexity index is 1250. The van der Waals surface area contributed by atoms with E-state index in [0.29, 0.717) is 39.9 Å². The highest BCUT2D eigenvalue weighted by molar-refractivity contribution is 7.89. The van der Waals surface area contributed by atoms with E-state index in [2.05, 4.69) is 10.3 Å². The number of amides is 1. The minimum atomic E-state index is -3.51. The molecular weight excluding hydrogens is 438 g/mol. The first-order valence-corrected chi connectivity index (χ1v) is 12.3. The van der Waals surface area contributed by atoms with Crippen LogP contribution in [0.4, 0.5) is 5.13 Å². The van der Waals surface area contributed by atoms with E-state index in [1.54, 1.807) is 37.3 Å². The number of rotatable bonds is 4. The summed E-state index contributed by atoms with van der Waals surface area (Å²) in [5.41, 5.74) is 0.625. The van der Waals surface area contributed by atoms with Crippen LogP contribution in [0.2, 0.25) is 0 Å². The van der Waals surface area contributed by atoms with Gasteiger partial charge in [-0.25, -0.2) is 13.4 Å². The third-order valence-corrected chi connectivity index (χ3v) is 8.22. The van der Waals surface area contributed by atoms with E-state index in [9.17, 15) is 13.2 Å². The SMILES string of the molecule is CC1Oc2ccccc2OC1C(=O)Nc1nc2ccc(S(=O)(=O)N3CCCC3)cc2s1. The second kappa shape index (κ2) is 7.77.